The first kappa shape index (κ1) is 18.1. The molecule has 0 radical (unpaired) electrons. The Bertz CT molecular complexity index is 756. The molecule has 1 amide bonds. The minimum absolute atomic E-state index is 0.0512. The average molecular weight is 345 g/mol. The number of ether oxygens (including phenoxy) is 2. The Balaban J connectivity index is 2.11. The summed E-state index contributed by atoms with van der Waals surface area (Å²) in [5, 5.41) is 13.8. The molecule has 0 aliphatic heterocycles. The lowest BCUT2D eigenvalue weighted by atomic mass is 10.2. The van der Waals surface area contributed by atoms with Crippen molar-refractivity contribution in [1.82, 2.24) is 0 Å². The number of nitrogens with zero attached hydrogens (tertiary/aromatic N) is 2. The van der Waals surface area contributed by atoms with Crippen LogP contribution in [0.3, 0.4) is 0 Å². The highest BCUT2D eigenvalue weighted by Crippen LogP contribution is 2.27. The lowest BCUT2D eigenvalue weighted by Gasteiger charge is -2.18. The van der Waals surface area contributed by atoms with E-state index in [4.69, 9.17) is 9.47 Å². The third kappa shape index (κ3) is 4.60. The molecule has 132 valence electrons. The number of para-hydroxylation sites is 2. The highest BCUT2D eigenvalue weighted by molar-refractivity contribution is 5.94. The standard InChI is InChI=1S/C17H19N3O5/c1-19(15-6-4-5-7-16(15)20(22)23)11-17(21)18-12-8-13(24-2)10-14(9-12)25-3/h4-10H,11H2,1-3H3,(H,18,21). The van der Waals surface area contributed by atoms with Crippen LogP contribution in [-0.2, 0) is 4.79 Å². The van der Waals surface area contributed by atoms with E-state index in [1.165, 1.54) is 25.2 Å². The first-order valence-corrected chi connectivity index (χ1v) is 7.42. The van der Waals surface area contributed by atoms with Gasteiger partial charge >= 0.3 is 0 Å². The van der Waals surface area contributed by atoms with Crippen molar-refractivity contribution in [2.45, 2.75) is 0 Å². The molecule has 8 nitrogen and oxygen atoms in total. The fourth-order valence-corrected chi connectivity index (χ4v) is 2.32. The van der Waals surface area contributed by atoms with Gasteiger partial charge in [-0.05, 0) is 6.07 Å². The monoisotopic (exact) mass is 345 g/mol. The Hall–Kier alpha value is -3.29. The maximum absolute atomic E-state index is 12.3. The van der Waals surface area contributed by atoms with Crippen LogP contribution in [-0.4, -0.2) is 38.6 Å². The minimum Gasteiger partial charge on any atom is -0.497 e. The Morgan fingerprint density at radius 2 is 1.76 bits per heavy atom. The van der Waals surface area contributed by atoms with E-state index in [2.05, 4.69) is 5.32 Å². The molecule has 2 aromatic carbocycles. The summed E-state index contributed by atoms with van der Waals surface area (Å²) in [6, 6.07) is 11.3. The summed E-state index contributed by atoms with van der Waals surface area (Å²) in [6.45, 7) is -0.0512. The molecule has 0 saturated heterocycles. The summed E-state index contributed by atoms with van der Waals surface area (Å²) in [5.41, 5.74) is 0.823. The fraction of sp³-hybridized carbons (Fsp3) is 0.235. The largest absolute Gasteiger partial charge is 0.497 e. The summed E-state index contributed by atoms with van der Waals surface area (Å²) < 4.78 is 10.3. The van der Waals surface area contributed by atoms with Gasteiger partial charge in [0.15, 0.2) is 0 Å². The molecule has 0 bridgehead atoms. The molecule has 0 aliphatic rings. The maximum Gasteiger partial charge on any atom is 0.292 e. The van der Waals surface area contributed by atoms with E-state index in [0.717, 1.165) is 0 Å². The smallest absolute Gasteiger partial charge is 0.292 e. The molecular formula is C17H19N3O5. The van der Waals surface area contributed by atoms with Gasteiger partial charge in [-0.15, -0.1) is 0 Å². The van der Waals surface area contributed by atoms with Crippen LogP contribution < -0.4 is 19.7 Å². The third-order valence-electron chi connectivity index (χ3n) is 3.51. The zero-order valence-electron chi connectivity index (χ0n) is 14.2. The van der Waals surface area contributed by atoms with Crippen molar-refractivity contribution in [1.29, 1.82) is 0 Å². The van der Waals surface area contributed by atoms with Crippen LogP contribution >= 0.6 is 0 Å². The van der Waals surface area contributed by atoms with Crippen LogP contribution in [0.2, 0.25) is 0 Å². The van der Waals surface area contributed by atoms with Crippen LogP contribution in [0.1, 0.15) is 0 Å². The van der Waals surface area contributed by atoms with Crippen molar-refractivity contribution in [3.8, 4) is 11.5 Å². The molecule has 0 saturated carbocycles. The number of benzene rings is 2. The van der Waals surface area contributed by atoms with Gasteiger partial charge in [-0.2, -0.15) is 0 Å². The molecule has 1 N–H and O–H groups in total. The summed E-state index contributed by atoms with van der Waals surface area (Å²) >= 11 is 0. The van der Waals surface area contributed by atoms with Gasteiger partial charge in [0.2, 0.25) is 5.91 Å². The predicted octanol–water partition coefficient (Wildman–Crippen LogP) is 2.69. The average Bonchev–Trinajstić information content (AvgIpc) is 2.60. The van der Waals surface area contributed by atoms with E-state index in [1.807, 2.05) is 0 Å². The normalized spacial score (nSPS) is 10.0. The second kappa shape index (κ2) is 8.00. The Morgan fingerprint density at radius 1 is 1.16 bits per heavy atom. The van der Waals surface area contributed by atoms with E-state index in [9.17, 15) is 14.9 Å². The fourth-order valence-electron chi connectivity index (χ4n) is 2.32. The first-order valence-electron chi connectivity index (χ1n) is 7.42. The number of rotatable bonds is 7. The second-order valence-electron chi connectivity index (χ2n) is 5.25. The SMILES string of the molecule is COc1cc(NC(=O)CN(C)c2ccccc2[N+](=O)[O-])cc(OC)c1. The topological polar surface area (TPSA) is 93.9 Å². The summed E-state index contributed by atoms with van der Waals surface area (Å²) in [5.74, 6) is 0.763. The number of likely N-dealkylation sites (N-methyl/N-ethyl adjacent to an activating group) is 1. The van der Waals surface area contributed by atoms with E-state index >= 15 is 0 Å². The Morgan fingerprint density at radius 3 is 2.32 bits per heavy atom. The summed E-state index contributed by atoms with van der Waals surface area (Å²) in [6.07, 6.45) is 0. The lowest BCUT2D eigenvalue weighted by Crippen LogP contribution is -2.30. The van der Waals surface area contributed by atoms with E-state index in [-0.39, 0.29) is 18.1 Å². The lowest BCUT2D eigenvalue weighted by molar-refractivity contribution is -0.384. The van der Waals surface area contributed by atoms with Gasteiger partial charge in [-0.3, -0.25) is 14.9 Å². The van der Waals surface area contributed by atoms with Gasteiger partial charge in [0.1, 0.15) is 17.2 Å². The molecule has 0 aromatic heterocycles. The Kier molecular flexibility index (Phi) is 5.78. The number of anilines is 2. The molecule has 0 fully saturated rings. The van der Waals surface area contributed by atoms with Gasteiger partial charge in [0.05, 0.1) is 25.7 Å². The number of nitro groups is 1. The second-order valence-corrected chi connectivity index (χ2v) is 5.25. The van der Waals surface area contributed by atoms with E-state index in [1.54, 1.807) is 43.4 Å². The number of methoxy groups -OCH3 is 2. The molecular weight excluding hydrogens is 326 g/mol. The maximum atomic E-state index is 12.3. The number of carbonyl (C=O) groups is 1. The van der Waals surface area contributed by atoms with Gasteiger partial charge in [0.25, 0.3) is 5.69 Å². The van der Waals surface area contributed by atoms with Crippen molar-refractivity contribution in [3.63, 3.8) is 0 Å². The van der Waals surface area contributed by atoms with E-state index in [0.29, 0.717) is 22.9 Å². The third-order valence-corrected chi connectivity index (χ3v) is 3.51. The number of amides is 1. The molecule has 0 aliphatic carbocycles. The Labute approximate surface area is 145 Å². The predicted molar refractivity (Wildman–Crippen MR) is 94.5 cm³/mol. The van der Waals surface area contributed by atoms with Crippen LogP contribution in [0, 0.1) is 10.1 Å². The minimum atomic E-state index is -0.476. The van der Waals surface area contributed by atoms with Crippen LogP contribution in [0.15, 0.2) is 42.5 Å². The molecule has 2 rings (SSSR count). The highest BCUT2D eigenvalue weighted by Gasteiger charge is 2.18. The van der Waals surface area contributed by atoms with Crippen LogP contribution in [0.5, 0.6) is 11.5 Å². The molecule has 0 spiro atoms. The molecule has 25 heavy (non-hydrogen) atoms. The zero-order chi connectivity index (χ0) is 18.4. The van der Waals surface area contributed by atoms with Crippen molar-refractivity contribution in [2.24, 2.45) is 0 Å². The van der Waals surface area contributed by atoms with Gasteiger partial charge in [0, 0.05) is 37.0 Å². The van der Waals surface area contributed by atoms with Crippen molar-refractivity contribution < 1.29 is 19.2 Å². The van der Waals surface area contributed by atoms with E-state index < -0.39 is 4.92 Å². The zero-order valence-corrected chi connectivity index (χ0v) is 14.2. The number of nitrogens with one attached hydrogen (secondary N) is 1. The molecule has 2 aromatic rings. The van der Waals surface area contributed by atoms with Crippen molar-refractivity contribution in [2.75, 3.05) is 38.0 Å². The number of hydrogen-bond acceptors (Lipinski definition) is 6. The molecule has 0 atom stereocenters. The molecule has 0 unspecified atom stereocenters. The molecule has 0 heterocycles. The van der Waals surface area contributed by atoms with Crippen LogP contribution in [0.25, 0.3) is 0 Å². The van der Waals surface area contributed by atoms with Gasteiger partial charge in [-0.25, -0.2) is 0 Å². The molecule has 8 heteroatoms. The first-order chi connectivity index (χ1) is 11.9. The van der Waals surface area contributed by atoms with Gasteiger partial charge in [-0.1, -0.05) is 12.1 Å². The number of carbonyl (C=O) groups excluding carboxylic acids is 1. The van der Waals surface area contributed by atoms with Crippen molar-refractivity contribution in [3.05, 3.63) is 52.6 Å². The van der Waals surface area contributed by atoms with Gasteiger partial charge < -0.3 is 19.7 Å². The quantitative estimate of drug-likeness (QED) is 0.612. The summed E-state index contributed by atoms with van der Waals surface area (Å²) in [4.78, 5) is 24.4. The van der Waals surface area contributed by atoms with Crippen LogP contribution in [0.4, 0.5) is 17.1 Å². The summed E-state index contributed by atoms with van der Waals surface area (Å²) in [7, 11) is 4.65. The highest BCUT2D eigenvalue weighted by atomic mass is 16.6. The number of hydrogen-bond donors (Lipinski definition) is 1. The number of nitro benzene ring substituents is 1. The van der Waals surface area contributed by atoms with Crippen molar-refractivity contribution >= 4 is 23.0 Å².